The molecule has 0 aliphatic rings. The summed E-state index contributed by atoms with van der Waals surface area (Å²) in [6.07, 6.45) is 1.60. The maximum absolute atomic E-state index is 12.7. The van der Waals surface area contributed by atoms with Crippen molar-refractivity contribution in [1.29, 1.82) is 5.26 Å². The van der Waals surface area contributed by atoms with Crippen LogP contribution in [0.15, 0.2) is 60.2 Å². The van der Waals surface area contributed by atoms with Crippen LogP contribution in [-0.4, -0.2) is 5.91 Å². The van der Waals surface area contributed by atoms with Gasteiger partial charge in [0.25, 0.3) is 5.91 Å². The molecule has 7 heteroatoms. The summed E-state index contributed by atoms with van der Waals surface area (Å²) >= 11 is 6.71. The highest BCUT2D eigenvalue weighted by molar-refractivity contribution is 14.1. The molecule has 0 unspecified atom stereocenters. The molecule has 3 rings (SSSR count). The SMILES string of the molecule is Cc1cccc(NC(=O)/C(C#N)=C/c2cc(I)c(OCc3ccc(I)cc3)c(I)c2)c1C. The van der Waals surface area contributed by atoms with Crippen LogP contribution in [-0.2, 0) is 11.4 Å². The second kappa shape index (κ2) is 11.5. The molecule has 0 aromatic heterocycles. The molecule has 0 saturated heterocycles. The minimum atomic E-state index is -0.426. The molecular weight excluding hydrogens is 741 g/mol. The zero-order valence-electron chi connectivity index (χ0n) is 17.4. The maximum Gasteiger partial charge on any atom is 0.266 e. The number of hydrogen-bond donors (Lipinski definition) is 1. The summed E-state index contributed by atoms with van der Waals surface area (Å²) in [6, 6.07) is 19.7. The fourth-order valence-electron chi connectivity index (χ4n) is 2.93. The molecule has 1 amide bonds. The Balaban J connectivity index is 1.78. The lowest BCUT2D eigenvalue weighted by Crippen LogP contribution is -2.14. The molecule has 0 saturated carbocycles. The smallest absolute Gasteiger partial charge is 0.266 e. The predicted molar refractivity (Wildman–Crippen MR) is 154 cm³/mol. The van der Waals surface area contributed by atoms with Gasteiger partial charge in [0.1, 0.15) is 24.0 Å². The summed E-state index contributed by atoms with van der Waals surface area (Å²) in [5, 5.41) is 12.4. The Bertz CT molecular complexity index is 1210. The number of carbonyl (C=O) groups is 1. The van der Waals surface area contributed by atoms with Crippen molar-refractivity contribution in [1.82, 2.24) is 0 Å². The van der Waals surface area contributed by atoms with Crippen molar-refractivity contribution in [2.75, 3.05) is 5.32 Å². The van der Waals surface area contributed by atoms with Crippen molar-refractivity contribution < 1.29 is 9.53 Å². The molecule has 32 heavy (non-hydrogen) atoms. The zero-order valence-corrected chi connectivity index (χ0v) is 23.9. The molecule has 4 nitrogen and oxygen atoms in total. The summed E-state index contributed by atoms with van der Waals surface area (Å²) in [5.41, 5.74) is 4.68. The normalized spacial score (nSPS) is 11.1. The Morgan fingerprint density at radius 2 is 1.72 bits per heavy atom. The Kier molecular flexibility index (Phi) is 8.95. The van der Waals surface area contributed by atoms with Crippen LogP contribution in [0.2, 0.25) is 0 Å². The summed E-state index contributed by atoms with van der Waals surface area (Å²) in [5.74, 6) is 0.366. The lowest BCUT2D eigenvalue weighted by atomic mass is 10.1. The number of carbonyl (C=O) groups excluding carboxylic acids is 1. The monoisotopic (exact) mass is 760 g/mol. The second-order valence-corrected chi connectivity index (χ2v) is 10.7. The molecule has 0 aliphatic carbocycles. The topological polar surface area (TPSA) is 62.1 Å². The number of benzene rings is 3. The zero-order chi connectivity index (χ0) is 23.3. The highest BCUT2D eigenvalue weighted by Crippen LogP contribution is 2.31. The van der Waals surface area contributed by atoms with Gasteiger partial charge in [0.2, 0.25) is 0 Å². The van der Waals surface area contributed by atoms with Gasteiger partial charge >= 0.3 is 0 Å². The van der Waals surface area contributed by atoms with E-state index in [1.807, 2.05) is 62.4 Å². The van der Waals surface area contributed by atoms with Crippen molar-refractivity contribution in [2.45, 2.75) is 20.5 Å². The van der Waals surface area contributed by atoms with Gasteiger partial charge in [-0.2, -0.15) is 5.26 Å². The van der Waals surface area contributed by atoms with Crippen LogP contribution in [0.25, 0.3) is 6.08 Å². The van der Waals surface area contributed by atoms with E-state index in [0.29, 0.717) is 12.3 Å². The van der Waals surface area contributed by atoms with Crippen LogP contribution in [0.4, 0.5) is 5.69 Å². The lowest BCUT2D eigenvalue weighted by Gasteiger charge is -2.12. The third kappa shape index (κ3) is 6.45. The van der Waals surface area contributed by atoms with Gasteiger partial charge in [-0.1, -0.05) is 24.3 Å². The molecule has 0 radical (unpaired) electrons. The first-order valence-electron chi connectivity index (χ1n) is 9.64. The molecule has 0 bridgehead atoms. The fraction of sp³-hybridized carbons (Fsp3) is 0.120. The highest BCUT2D eigenvalue weighted by Gasteiger charge is 2.14. The Labute approximate surface area is 228 Å². The van der Waals surface area contributed by atoms with Crippen LogP contribution >= 0.6 is 67.8 Å². The van der Waals surface area contributed by atoms with Crippen LogP contribution < -0.4 is 10.1 Å². The number of aryl methyl sites for hydroxylation is 1. The van der Waals surface area contributed by atoms with E-state index in [2.05, 4.69) is 85.2 Å². The third-order valence-corrected chi connectivity index (χ3v) is 7.17. The van der Waals surface area contributed by atoms with E-state index < -0.39 is 5.91 Å². The number of ether oxygens (including phenoxy) is 1. The quantitative estimate of drug-likeness (QED) is 0.164. The molecule has 0 fully saturated rings. The predicted octanol–water partition coefficient (Wildman–Crippen LogP) is 7.24. The summed E-state index contributed by atoms with van der Waals surface area (Å²) in [6.45, 7) is 4.40. The first kappa shape index (κ1) is 25.0. The molecule has 3 aromatic carbocycles. The third-order valence-electron chi connectivity index (χ3n) is 4.85. The van der Waals surface area contributed by atoms with Gasteiger partial charge in [0.05, 0.1) is 7.14 Å². The van der Waals surface area contributed by atoms with E-state index in [9.17, 15) is 10.1 Å². The van der Waals surface area contributed by atoms with Gasteiger partial charge in [-0.25, -0.2) is 0 Å². The first-order chi connectivity index (χ1) is 15.3. The number of anilines is 1. The van der Waals surface area contributed by atoms with Crippen molar-refractivity contribution in [3.63, 3.8) is 0 Å². The van der Waals surface area contributed by atoms with E-state index in [0.717, 1.165) is 35.1 Å². The van der Waals surface area contributed by atoms with Gasteiger partial charge in [-0.05, 0) is 140 Å². The van der Waals surface area contributed by atoms with Crippen LogP contribution in [0.3, 0.4) is 0 Å². The van der Waals surface area contributed by atoms with Crippen molar-refractivity contribution in [2.24, 2.45) is 0 Å². The molecule has 3 aromatic rings. The Hall–Kier alpha value is -1.65. The van der Waals surface area contributed by atoms with Crippen LogP contribution in [0.1, 0.15) is 22.3 Å². The van der Waals surface area contributed by atoms with E-state index in [1.165, 1.54) is 3.57 Å². The average Bonchev–Trinajstić information content (AvgIpc) is 2.76. The fourth-order valence-corrected chi connectivity index (χ4v) is 5.42. The van der Waals surface area contributed by atoms with Gasteiger partial charge in [0.15, 0.2) is 0 Å². The van der Waals surface area contributed by atoms with E-state index in [-0.39, 0.29) is 5.57 Å². The number of nitrogens with zero attached hydrogens (tertiary/aromatic N) is 1. The van der Waals surface area contributed by atoms with E-state index in [4.69, 9.17) is 4.74 Å². The maximum atomic E-state index is 12.7. The lowest BCUT2D eigenvalue weighted by molar-refractivity contribution is -0.112. The first-order valence-corrected chi connectivity index (χ1v) is 12.9. The van der Waals surface area contributed by atoms with Gasteiger partial charge < -0.3 is 10.1 Å². The molecule has 0 spiro atoms. The minimum absolute atomic E-state index is 0.0464. The Morgan fingerprint density at radius 3 is 2.34 bits per heavy atom. The Morgan fingerprint density at radius 1 is 1.06 bits per heavy atom. The molecule has 162 valence electrons. The number of nitrogens with one attached hydrogen (secondary N) is 1. The number of halogens is 3. The van der Waals surface area contributed by atoms with Gasteiger partial charge in [0, 0.05) is 9.26 Å². The van der Waals surface area contributed by atoms with Crippen molar-refractivity contribution in [3.8, 4) is 11.8 Å². The van der Waals surface area contributed by atoms with Gasteiger partial charge in [-0.15, -0.1) is 0 Å². The molecule has 0 atom stereocenters. The van der Waals surface area contributed by atoms with Crippen molar-refractivity contribution in [3.05, 3.63) is 93.1 Å². The summed E-state index contributed by atoms with van der Waals surface area (Å²) < 4.78 is 9.06. The average molecular weight is 760 g/mol. The minimum Gasteiger partial charge on any atom is -0.487 e. The molecule has 1 N–H and O–H groups in total. The number of nitriles is 1. The van der Waals surface area contributed by atoms with Gasteiger partial charge in [-0.3, -0.25) is 4.79 Å². The number of hydrogen-bond acceptors (Lipinski definition) is 3. The van der Waals surface area contributed by atoms with E-state index >= 15 is 0 Å². The molecular formula is C25H19I3N2O2. The van der Waals surface area contributed by atoms with Crippen LogP contribution in [0.5, 0.6) is 5.75 Å². The summed E-state index contributed by atoms with van der Waals surface area (Å²) in [7, 11) is 0. The van der Waals surface area contributed by atoms with E-state index in [1.54, 1.807) is 6.08 Å². The largest absolute Gasteiger partial charge is 0.487 e. The number of rotatable bonds is 6. The standard InChI is InChI=1S/C25H19I3N2O2/c1-15-4-3-5-23(16(15)2)30-25(31)19(13-29)10-18-11-21(27)24(22(28)12-18)32-14-17-6-8-20(26)9-7-17/h3-12H,14H2,1-2H3,(H,30,31)/b19-10+. The molecule has 0 heterocycles. The van der Waals surface area contributed by atoms with Crippen molar-refractivity contribution >= 4 is 85.4 Å². The summed E-state index contributed by atoms with van der Waals surface area (Å²) in [4.78, 5) is 12.7. The highest BCUT2D eigenvalue weighted by atomic mass is 127. The second-order valence-electron chi connectivity index (χ2n) is 7.10. The number of amides is 1. The van der Waals surface area contributed by atoms with Crippen LogP contribution in [0, 0.1) is 35.9 Å². The molecule has 0 aliphatic heterocycles.